The molecule has 2 heterocycles. The van der Waals surface area contributed by atoms with Gasteiger partial charge in [0.2, 0.25) is 5.88 Å². The Morgan fingerprint density at radius 1 is 1.30 bits per heavy atom. The van der Waals surface area contributed by atoms with Gasteiger partial charge in [0.05, 0.1) is 12.1 Å². The molecule has 1 aromatic carbocycles. The molecule has 1 atom stereocenters. The van der Waals surface area contributed by atoms with Gasteiger partial charge in [0.1, 0.15) is 5.84 Å². The van der Waals surface area contributed by atoms with Crippen LogP contribution in [0.15, 0.2) is 46.8 Å². The summed E-state index contributed by atoms with van der Waals surface area (Å²) in [5, 5.41) is 10.5. The van der Waals surface area contributed by atoms with Crippen molar-refractivity contribution in [3.05, 3.63) is 47.4 Å². The second-order valence-electron chi connectivity index (χ2n) is 7.80. The molecule has 3 rings (SSSR count). The van der Waals surface area contributed by atoms with Crippen LogP contribution in [0.5, 0.6) is 0 Å². The average Bonchev–Trinajstić information content (AvgIpc) is 3.16. The quantitative estimate of drug-likeness (QED) is 0.822. The first kappa shape index (κ1) is 19.5. The van der Waals surface area contributed by atoms with Crippen molar-refractivity contribution < 1.29 is 9.90 Å². The minimum absolute atomic E-state index is 0.0742. The highest BCUT2D eigenvalue weighted by atomic mass is 16.3. The summed E-state index contributed by atoms with van der Waals surface area (Å²) >= 11 is 0. The van der Waals surface area contributed by atoms with Crippen LogP contribution in [0, 0.1) is 0 Å². The van der Waals surface area contributed by atoms with Crippen LogP contribution in [0.1, 0.15) is 57.9 Å². The van der Waals surface area contributed by atoms with Gasteiger partial charge in [-0.3, -0.25) is 4.79 Å². The lowest BCUT2D eigenvalue weighted by Gasteiger charge is -2.34. The predicted octanol–water partition coefficient (Wildman–Crippen LogP) is 4.08. The van der Waals surface area contributed by atoms with Crippen molar-refractivity contribution in [2.24, 2.45) is 4.99 Å². The Bertz CT molecular complexity index is 724. The molecule has 0 bridgehead atoms. The van der Waals surface area contributed by atoms with Gasteiger partial charge in [-0.2, -0.15) is 0 Å². The van der Waals surface area contributed by atoms with Crippen LogP contribution in [-0.4, -0.2) is 52.3 Å². The third kappa shape index (κ3) is 4.34. The molecule has 1 aromatic rings. The summed E-state index contributed by atoms with van der Waals surface area (Å²) < 4.78 is 0. The lowest BCUT2D eigenvalue weighted by atomic mass is 9.99. The fraction of sp³-hybridized carbons (Fsp3) is 0.545. The largest absolute Gasteiger partial charge is 0.493 e. The van der Waals surface area contributed by atoms with Crippen molar-refractivity contribution in [3.8, 4) is 0 Å². The Morgan fingerprint density at radius 3 is 2.70 bits per heavy atom. The number of amidine groups is 1. The van der Waals surface area contributed by atoms with Gasteiger partial charge < -0.3 is 14.9 Å². The van der Waals surface area contributed by atoms with E-state index in [4.69, 9.17) is 0 Å². The summed E-state index contributed by atoms with van der Waals surface area (Å²) in [6, 6.07) is 10.6. The molecule has 0 aromatic heterocycles. The van der Waals surface area contributed by atoms with E-state index in [9.17, 15) is 9.90 Å². The summed E-state index contributed by atoms with van der Waals surface area (Å²) in [5.74, 6) is 1.09. The minimum atomic E-state index is -0.0915. The van der Waals surface area contributed by atoms with Gasteiger partial charge in [0.25, 0.3) is 5.91 Å². The van der Waals surface area contributed by atoms with E-state index in [1.54, 1.807) is 0 Å². The molecule has 1 N–H and O–H groups in total. The number of benzene rings is 1. The van der Waals surface area contributed by atoms with Crippen molar-refractivity contribution in [1.29, 1.82) is 0 Å². The van der Waals surface area contributed by atoms with Crippen LogP contribution >= 0.6 is 0 Å². The number of aliphatic imine (C=N–C) groups is 1. The van der Waals surface area contributed by atoms with E-state index in [2.05, 4.69) is 42.8 Å². The van der Waals surface area contributed by atoms with Gasteiger partial charge in [-0.15, -0.1) is 0 Å². The smallest absolute Gasteiger partial charge is 0.257 e. The van der Waals surface area contributed by atoms with Gasteiger partial charge in [-0.1, -0.05) is 43.7 Å². The normalized spacial score (nSPS) is 20.4. The Hall–Kier alpha value is -2.30. The molecule has 1 amide bonds. The van der Waals surface area contributed by atoms with Crippen LogP contribution in [0.3, 0.4) is 0 Å². The number of nitrogens with zero attached hydrogens (tertiary/aromatic N) is 3. The Balaban J connectivity index is 1.75. The van der Waals surface area contributed by atoms with Crippen LogP contribution in [-0.2, 0) is 4.79 Å². The maximum absolute atomic E-state index is 13.1. The molecule has 27 heavy (non-hydrogen) atoms. The number of carbonyl (C=O) groups is 1. The van der Waals surface area contributed by atoms with Crippen LogP contribution < -0.4 is 0 Å². The van der Waals surface area contributed by atoms with Gasteiger partial charge in [0, 0.05) is 31.5 Å². The highest BCUT2D eigenvalue weighted by molar-refractivity contribution is 5.97. The maximum atomic E-state index is 13.1. The van der Waals surface area contributed by atoms with Gasteiger partial charge in [-0.25, -0.2) is 4.99 Å². The molecule has 0 unspecified atom stereocenters. The Morgan fingerprint density at radius 2 is 2.04 bits per heavy atom. The highest BCUT2D eigenvalue weighted by Crippen LogP contribution is 2.29. The molecular weight excluding hydrogens is 338 g/mol. The molecule has 5 heteroatoms. The monoisotopic (exact) mass is 369 g/mol. The summed E-state index contributed by atoms with van der Waals surface area (Å²) in [6.07, 6.45) is 3.90. The van der Waals surface area contributed by atoms with Crippen molar-refractivity contribution >= 4 is 11.7 Å². The van der Waals surface area contributed by atoms with Crippen molar-refractivity contribution in [1.82, 2.24) is 9.80 Å². The predicted molar refractivity (Wildman–Crippen MR) is 109 cm³/mol. The number of hydrogen-bond donors (Lipinski definition) is 1. The fourth-order valence-electron chi connectivity index (χ4n) is 3.90. The number of aliphatic hydroxyl groups is 1. The fourth-order valence-corrected chi connectivity index (χ4v) is 3.90. The van der Waals surface area contributed by atoms with Crippen molar-refractivity contribution in [2.45, 2.75) is 58.4 Å². The molecule has 1 saturated heterocycles. The van der Waals surface area contributed by atoms with Gasteiger partial charge in [-0.05, 0) is 32.3 Å². The van der Waals surface area contributed by atoms with E-state index < -0.39 is 0 Å². The number of hydrogen-bond acceptors (Lipinski definition) is 4. The van der Waals surface area contributed by atoms with Gasteiger partial charge in [0.15, 0.2) is 0 Å². The number of likely N-dealkylation sites (tertiary alicyclic amines) is 1. The Labute approximate surface area is 162 Å². The second-order valence-corrected chi connectivity index (χ2v) is 7.80. The number of aliphatic hydroxyl groups excluding tert-OH is 1. The van der Waals surface area contributed by atoms with Crippen molar-refractivity contribution in [3.63, 3.8) is 0 Å². The topological polar surface area (TPSA) is 56.1 Å². The van der Waals surface area contributed by atoms with E-state index in [0.717, 1.165) is 38.1 Å². The zero-order valence-electron chi connectivity index (χ0n) is 16.7. The van der Waals surface area contributed by atoms with E-state index >= 15 is 0 Å². The molecule has 0 aliphatic carbocycles. The zero-order valence-corrected chi connectivity index (χ0v) is 16.7. The Kier molecular flexibility index (Phi) is 6.19. The third-order valence-electron chi connectivity index (χ3n) is 5.55. The molecule has 5 nitrogen and oxygen atoms in total. The summed E-state index contributed by atoms with van der Waals surface area (Å²) in [4.78, 5) is 21.5. The SMILES string of the molecule is CCCCC1=NC(O)=C(C(=O)N2CC[C@@H](c3ccccc3)C2)CN1C(C)C. The lowest BCUT2D eigenvalue weighted by Crippen LogP contribution is -2.44. The molecule has 0 spiro atoms. The van der Waals surface area contributed by atoms with E-state index in [0.29, 0.717) is 24.6 Å². The lowest BCUT2D eigenvalue weighted by molar-refractivity contribution is -0.126. The number of rotatable bonds is 6. The van der Waals surface area contributed by atoms with Gasteiger partial charge >= 0.3 is 0 Å². The molecular formula is C22H31N3O2. The first-order valence-electron chi connectivity index (χ1n) is 10.1. The number of amides is 1. The molecule has 2 aliphatic heterocycles. The molecule has 1 fully saturated rings. The average molecular weight is 370 g/mol. The van der Waals surface area contributed by atoms with E-state index in [1.807, 2.05) is 23.1 Å². The minimum Gasteiger partial charge on any atom is -0.493 e. The van der Waals surface area contributed by atoms with Crippen molar-refractivity contribution in [2.75, 3.05) is 19.6 Å². The number of carbonyl (C=O) groups excluding carboxylic acids is 1. The summed E-state index contributed by atoms with van der Waals surface area (Å²) in [6.45, 7) is 8.22. The van der Waals surface area contributed by atoms with Crippen LogP contribution in [0.4, 0.5) is 0 Å². The first-order valence-corrected chi connectivity index (χ1v) is 10.1. The number of unbranched alkanes of at least 4 members (excludes halogenated alkanes) is 1. The third-order valence-corrected chi connectivity index (χ3v) is 5.55. The standard InChI is InChI=1S/C22H31N3O2/c1-4-5-11-20-23-21(26)19(15-25(20)16(2)3)22(27)24-13-12-18(14-24)17-9-7-6-8-10-17/h6-10,16,18,26H,4-5,11-15H2,1-3H3/t18-/m1/s1. The second kappa shape index (κ2) is 8.59. The highest BCUT2D eigenvalue weighted by Gasteiger charge is 2.33. The molecule has 0 radical (unpaired) electrons. The molecule has 146 valence electrons. The summed E-state index contributed by atoms with van der Waals surface area (Å²) in [7, 11) is 0. The van der Waals surface area contributed by atoms with Crippen LogP contribution in [0.25, 0.3) is 0 Å². The molecule has 2 aliphatic rings. The first-order chi connectivity index (χ1) is 13.0. The van der Waals surface area contributed by atoms with E-state index in [-0.39, 0.29) is 17.8 Å². The molecule has 0 saturated carbocycles. The maximum Gasteiger partial charge on any atom is 0.257 e. The summed E-state index contributed by atoms with van der Waals surface area (Å²) in [5.41, 5.74) is 1.70. The van der Waals surface area contributed by atoms with Crippen LogP contribution in [0.2, 0.25) is 0 Å². The van der Waals surface area contributed by atoms with E-state index in [1.165, 1.54) is 5.56 Å². The zero-order chi connectivity index (χ0) is 19.4.